The SMILES string of the molecule is N#C/C(=C/c1cn(Cc2cccc(C(=O)O)c2)c2ccccc12)c1ccccc1F. The number of allylic oxidation sites excluding steroid dienone is 1. The van der Waals surface area contributed by atoms with Crippen molar-refractivity contribution >= 4 is 28.5 Å². The molecule has 0 fully saturated rings. The van der Waals surface area contributed by atoms with Crippen molar-refractivity contribution in [3.8, 4) is 6.07 Å². The van der Waals surface area contributed by atoms with Gasteiger partial charge in [-0.25, -0.2) is 9.18 Å². The van der Waals surface area contributed by atoms with Crippen molar-refractivity contribution in [3.63, 3.8) is 0 Å². The van der Waals surface area contributed by atoms with Crippen LogP contribution in [0.5, 0.6) is 0 Å². The summed E-state index contributed by atoms with van der Waals surface area (Å²) in [5, 5.41) is 19.8. The van der Waals surface area contributed by atoms with Crippen molar-refractivity contribution < 1.29 is 14.3 Å². The number of aromatic nitrogens is 1. The average Bonchev–Trinajstić information content (AvgIpc) is 3.10. The maximum atomic E-state index is 14.2. The molecule has 4 rings (SSSR count). The van der Waals surface area contributed by atoms with E-state index in [4.69, 9.17) is 0 Å². The summed E-state index contributed by atoms with van der Waals surface area (Å²) < 4.78 is 16.2. The minimum Gasteiger partial charge on any atom is -0.478 e. The van der Waals surface area contributed by atoms with Crippen LogP contribution in [0.2, 0.25) is 0 Å². The van der Waals surface area contributed by atoms with Crippen LogP contribution in [0.4, 0.5) is 4.39 Å². The summed E-state index contributed by atoms with van der Waals surface area (Å²) in [6.45, 7) is 0.469. The van der Waals surface area contributed by atoms with E-state index in [-0.39, 0.29) is 16.7 Å². The number of hydrogen-bond donors (Lipinski definition) is 1. The number of rotatable bonds is 5. The number of para-hydroxylation sites is 1. The Bertz CT molecular complexity index is 1330. The van der Waals surface area contributed by atoms with Gasteiger partial charge in [-0.3, -0.25) is 0 Å². The molecule has 4 aromatic rings. The van der Waals surface area contributed by atoms with Gasteiger partial charge in [0.2, 0.25) is 0 Å². The van der Waals surface area contributed by atoms with Crippen molar-refractivity contribution in [2.45, 2.75) is 6.54 Å². The Morgan fingerprint density at radius 1 is 1.07 bits per heavy atom. The maximum Gasteiger partial charge on any atom is 0.335 e. The van der Waals surface area contributed by atoms with Crippen LogP contribution in [0, 0.1) is 17.1 Å². The molecule has 0 atom stereocenters. The van der Waals surface area contributed by atoms with E-state index in [0.29, 0.717) is 6.54 Å². The lowest BCUT2D eigenvalue weighted by Gasteiger charge is -2.06. The van der Waals surface area contributed by atoms with Crippen molar-refractivity contribution in [3.05, 3.63) is 107 Å². The fourth-order valence-corrected chi connectivity index (χ4v) is 3.53. The molecule has 30 heavy (non-hydrogen) atoms. The molecular formula is C25H17FN2O2. The molecule has 5 heteroatoms. The maximum absolute atomic E-state index is 14.2. The molecule has 3 aromatic carbocycles. The summed E-state index contributed by atoms with van der Waals surface area (Å²) >= 11 is 0. The molecule has 4 nitrogen and oxygen atoms in total. The second kappa shape index (κ2) is 8.06. The van der Waals surface area contributed by atoms with Crippen LogP contribution in [-0.2, 0) is 6.54 Å². The molecule has 0 saturated heterocycles. The fourth-order valence-electron chi connectivity index (χ4n) is 3.53. The summed E-state index contributed by atoms with van der Waals surface area (Å²) in [6, 6.07) is 22.8. The zero-order valence-electron chi connectivity index (χ0n) is 15.9. The molecule has 0 spiro atoms. The van der Waals surface area contributed by atoms with Crippen molar-refractivity contribution in [2.75, 3.05) is 0 Å². The highest BCUT2D eigenvalue weighted by molar-refractivity contribution is 5.98. The number of aromatic carboxylic acids is 1. The number of carboxylic acid groups (broad SMARTS) is 1. The largest absolute Gasteiger partial charge is 0.478 e. The first kappa shape index (κ1) is 19.2. The highest BCUT2D eigenvalue weighted by atomic mass is 19.1. The number of nitrogens with zero attached hydrogens (tertiary/aromatic N) is 2. The molecule has 0 unspecified atom stereocenters. The summed E-state index contributed by atoms with van der Waals surface area (Å²) in [5.41, 5.74) is 3.31. The quantitative estimate of drug-likeness (QED) is 0.447. The third kappa shape index (κ3) is 3.71. The van der Waals surface area contributed by atoms with Gasteiger partial charge < -0.3 is 9.67 Å². The molecule has 0 radical (unpaired) electrons. The van der Waals surface area contributed by atoms with E-state index in [2.05, 4.69) is 6.07 Å². The Kier molecular flexibility index (Phi) is 5.15. The Balaban J connectivity index is 1.80. The van der Waals surface area contributed by atoms with Crippen LogP contribution in [-0.4, -0.2) is 15.6 Å². The lowest BCUT2D eigenvalue weighted by Crippen LogP contribution is -2.01. The van der Waals surface area contributed by atoms with E-state index in [0.717, 1.165) is 22.0 Å². The minimum atomic E-state index is -0.971. The number of carboxylic acids is 1. The monoisotopic (exact) mass is 396 g/mol. The van der Waals surface area contributed by atoms with Crippen molar-refractivity contribution in [1.29, 1.82) is 5.26 Å². The Labute approximate surface area is 172 Å². The molecule has 0 bridgehead atoms. The summed E-state index contributed by atoms with van der Waals surface area (Å²) in [5.74, 6) is -1.42. The Morgan fingerprint density at radius 3 is 2.60 bits per heavy atom. The average molecular weight is 396 g/mol. The first-order valence-electron chi connectivity index (χ1n) is 9.33. The number of benzene rings is 3. The lowest BCUT2D eigenvalue weighted by molar-refractivity contribution is 0.0696. The van der Waals surface area contributed by atoms with Gasteiger partial charge in [0.1, 0.15) is 5.82 Å². The molecule has 0 saturated carbocycles. The molecule has 1 N–H and O–H groups in total. The number of nitriles is 1. The molecule has 1 aromatic heterocycles. The fraction of sp³-hybridized carbons (Fsp3) is 0.0400. The minimum absolute atomic E-state index is 0.232. The van der Waals surface area contributed by atoms with Gasteiger partial charge in [-0.15, -0.1) is 0 Å². The van der Waals surface area contributed by atoms with E-state index in [9.17, 15) is 19.6 Å². The van der Waals surface area contributed by atoms with Crippen LogP contribution < -0.4 is 0 Å². The second-order valence-electron chi connectivity index (χ2n) is 6.88. The zero-order chi connectivity index (χ0) is 21.1. The van der Waals surface area contributed by atoms with Gasteiger partial charge in [0.05, 0.1) is 17.2 Å². The molecular weight excluding hydrogens is 379 g/mol. The van der Waals surface area contributed by atoms with Gasteiger partial charge in [-0.1, -0.05) is 48.5 Å². The van der Waals surface area contributed by atoms with Crippen LogP contribution in [0.25, 0.3) is 22.6 Å². The summed E-state index contributed by atoms with van der Waals surface area (Å²) in [7, 11) is 0. The first-order valence-corrected chi connectivity index (χ1v) is 9.33. The molecule has 0 aliphatic carbocycles. The number of carbonyl (C=O) groups is 1. The van der Waals surface area contributed by atoms with Gasteiger partial charge in [-0.2, -0.15) is 5.26 Å². The molecule has 1 heterocycles. The van der Waals surface area contributed by atoms with Crippen molar-refractivity contribution in [2.24, 2.45) is 0 Å². The van der Waals surface area contributed by atoms with Crippen LogP contribution >= 0.6 is 0 Å². The predicted molar refractivity (Wildman–Crippen MR) is 114 cm³/mol. The topological polar surface area (TPSA) is 66.0 Å². The van der Waals surface area contributed by atoms with E-state index in [1.54, 1.807) is 42.5 Å². The standard InChI is InChI=1S/C25H17FN2O2/c26-23-10-3-1-8-21(23)19(14-27)13-20-16-28(24-11-4-2-9-22(20)24)15-17-6-5-7-18(12-17)25(29)30/h1-13,16H,15H2,(H,29,30)/b19-13-. The number of halogens is 1. The zero-order valence-corrected chi connectivity index (χ0v) is 15.9. The third-order valence-electron chi connectivity index (χ3n) is 4.93. The molecule has 0 aliphatic heterocycles. The van der Waals surface area contributed by atoms with Crippen LogP contribution in [0.3, 0.4) is 0 Å². The lowest BCUT2D eigenvalue weighted by atomic mass is 10.0. The van der Waals surface area contributed by atoms with Gasteiger partial charge in [0.25, 0.3) is 0 Å². The van der Waals surface area contributed by atoms with Gasteiger partial charge in [-0.05, 0) is 35.9 Å². The van der Waals surface area contributed by atoms with E-state index >= 15 is 0 Å². The number of fused-ring (bicyclic) bond motifs is 1. The molecule has 146 valence electrons. The molecule has 0 amide bonds. The van der Waals surface area contributed by atoms with E-state index < -0.39 is 11.8 Å². The van der Waals surface area contributed by atoms with Gasteiger partial charge in [0, 0.05) is 34.8 Å². The highest BCUT2D eigenvalue weighted by Crippen LogP contribution is 2.27. The summed E-state index contributed by atoms with van der Waals surface area (Å²) in [4.78, 5) is 11.3. The normalized spacial score (nSPS) is 11.4. The van der Waals surface area contributed by atoms with Crippen molar-refractivity contribution in [1.82, 2.24) is 4.57 Å². The van der Waals surface area contributed by atoms with Gasteiger partial charge >= 0.3 is 5.97 Å². The van der Waals surface area contributed by atoms with E-state index in [1.165, 1.54) is 6.07 Å². The highest BCUT2D eigenvalue weighted by Gasteiger charge is 2.12. The Hall–Kier alpha value is -4.17. The smallest absolute Gasteiger partial charge is 0.335 e. The molecule has 0 aliphatic rings. The Morgan fingerprint density at radius 2 is 1.83 bits per heavy atom. The van der Waals surface area contributed by atoms with Crippen LogP contribution in [0.1, 0.15) is 27.0 Å². The second-order valence-corrected chi connectivity index (χ2v) is 6.88. The predicted octanol–water partition coefficient (Wildman–Crippen LogP) is 5.59. The number of hydrogen-bond acceptors (Lipinski definition) is 2. The third-order valence-corrected chi connectivity index (χ3v) is 4.93. The first-order chi connectivity index (χ1) is 14.6. The van der Waals surface area contributed by atoms with Gasteiger partial charge in [0.15, 0.2) is 0 Å². The van der Waals surface area contributed by atoms with E-state index in [1.807, 2.05) is 41.1 Å². The summed E-state index contributed by atoms with van der Waals surface area (Å²) in [6.07, 6.45) is 3.58. The van der Waals surface area contributed by atoms with Crippen LogP contribution in [0.15, 0.2) is 79.0 Å².